The topological polar surface area (TPSA) is 117 Å². The molecular weight excluding hydrogens is 402 g/mol. The number of hydrogen-bond acceptors (Lipinski definition) is 9. The van der Waals surface area contributed by atoms with E-state index in [0.29, 0.717) is 5.75 Å². The van der Waals surface area contributed by atoms with Crippen LogP contribution in [0.5, 0.6) is 0 Å². The highest BCUT2D eigenvalue weighted by molar-refractivity contribution is 7.99. The number of esters is 3. The first-order valence-electron chi connectivity index (χ1n) is 9.28. The first kappa shape index (κ1) is 25.0. The predicted octanol–water partition coefficient (Wildman–Crippen LogP) is 1.34. The Bertz CT molecular complexity index is 611. The Balaban J connectivity index is 3.19. The maximum absolute atomic E-state index is 11.8. The van der Waals surface area contributed by atoms with E-state index < -0.39 is 47.7 Å². The van der Waals surface area contributed by atoms with Crippen LogP contribution in [-0.4, -0.2) is 66.0 Å². The van der Waals surface area contributed by atoms with Crippen molar-refractivity contribution in [3.05, 3.63) is 12.7 Å². The van der Waals surface area contributed by atoms with Gasteiger partial charge in [-0.3, -0.25) is 19.2 Å². The minimum absolute atomic E-state index is 0.193. The molecule has 9 nitrogen and oxygen atoms in total. The van der Waals surface area contributed by atoms with E-state index in [9.17, 15) is 19.2 Å². The summed E-state index contributed by atoms with van der Waals surface area (Å²) in [5.41, 5.74) is -0.611. The summed E-state index contributed by atoms with van der Waals surface area (Å²) in [5.74, 6) is -1.42. The smallest absolute Gasteiger partial charge is 0.303 e. The zero-order valence-electron chi connectivity index (χ0n) is 17.2. The fourth-order valence-electron chi connectivity index (χ4n) is 2.86. The van der Waals surface area contributed by atoms with Crippen LogP contribution < -0.4 is 5.32 Å². The van der Waals surface area contributed by atoms with Crippen molar-refractivity contribution in [1.29, 1.82) is 0 Å². The van der Waals surface area contributed by atoms with E-state index in [-0.39, 0.29) is 12.5 Å². The van der Waals surface area contributed by atoms with Gasteiger partial charge in [-0.05, 0) is 18.6 Å². The summed E-state index contributed by atoms with van der Waals surface area (Å²) in [6, 6.07) is -0.761. The van der Waals surface area contributed by atoms with Crippen LogP contribution in [0.4, 0.5) is 0 Å². The van der Waals surface area contributed by atoms with Gasteiger partial charge >= 0.3 is 17.9 Å². The molecule has 1 saturated heterocycles. The molecule has 0 aliphatic carbocycles. The molecular formula is C19H29NO8S. The van der Waals surface area contributed by atoms with E-state index in [1.165, 1.54) is 39.5 Å². The average molecular weight is 432 g/mol. The Labute approximate surface area is 174 Å². The summed E-state index contributed by atoms with van der Waals surface area (Å²) in [6.45, 7) is 8.49. The van der Waals surface area contributed by atoms with Gasteiger partial charge in [-0.2, -0.15) is 0 Å². The molecule has 1 heterocycles. The number of amides is 1. The van der Waals surface area contributed by atoms with Crippen LogP contribution in [0.15, 0.2) is 12.7 Å². The molecule has 0 bridgehead atoms. The molecule has 29 heavy (non-hydrogen) atoms. The van der Waals surface area contributed by atoms with Crippen LogP contribution in [0, 0.1) is 0 Å². The van der Waals surface area contributed by atoms with Gasteiger partial charge in [0.2, 0.25) is 5.91 Å². The minimum Gasteiger partial charge on any atom is -0.463 e. The van der Waals surface area contributed by atoms with Crippen molar-refractivity contribution in [1.82, 2.24) is 5.32 Å². The molecule has 1 N–H and O–H groups in total. The van der Waals surface area contributed by atoms with Crippen molar-refractivity contribution < 1.29 is 38.1 Å². The van der Waals surface area contributed by atoms with Gasteiger partial charge in [0.25, 0.3) is 0 Å². The van der Waals surface area contributed by atoms with Gasteiger partial charge < -0.3 is 24.3 Å². The SMILES string of the molecule is C=CCCCS[C@H]1O[C@H](COC(C)=O)[C@H](OC(C)=O)[C@H](OC(C)=O)[C@H]1NC(C)=O. The lowest BCUT2D eigenvalue weighted by atomic mass is 9.97. The monoisotopic (exact) mass is 431 g/mol. The van der Waals surface area contributed by atoms with Crippen molar-refractivity contribution >= 4 is 35.6 Å². The summed E-state index contributed by atoms with van der Waals surface area (Å²) in [6.07, 6.45) is 0.514. The van der Waals surface area contributed by atoms with Crippen LogP contribution in [0.2, 0.25) is 0 Å². The summed E-state index contributed by atoms with van der Waals surface area (Å²) in [7, 11) is 0. The Morgan fingerprint density at radius 2 is 1.66 bits per heavy atom. The fourth-order valence-corrected chi connectivity index (χ4v) is 4.08. The highest BCUT2D eigenvalue weighted by atomic mass is 32.2. The third-order valence-electron chi connectivity index (χ3n) is 3.91. The van der Waals surface area contributed by atoms with Crippen LogP contribution in [-0.2, 0) is 38.1 Å². The van der Waals surface area contributed by atoms with Crippen molar-refractivity contribution in [3.63, 3.8) is 0 Å². The molecule has 10 heteroatoms. The quantitative estimate of drug-likeness (QED) is 0.237. The largest absolute Gasteiger partial charge is 0.463 e. The number of carbonyl (C=O) groups excluding carboxylic acids is 4. The number of hydrogen-bond donors (Lipinski definition) is 1. The molecule has 1 aliphatic rings. The minimum atomic E-state index is -1.06. The normalized spacial score (nSPS) is 26.1. The summed E-state index contributed by atoms with van der Waals surface area (Å²) in [5, 5.41) is 2.74. The lowest BCUT2D eigenvalue weighted by Crippen LogP contribution is -2.65. The third-order valence-corrected chi connectivity index (χ3v) is 5.16. The highest BCUT2D eigenvalue weighted by Gasteiger charge is 2.50. The first-order valence-corrected chi connectivity index (χ1v) is 10.3. The maximum atomic E-state index is 11.8. The average Bonchev–Trinajstić information content (AvgIpc) is 2.60. The summed E-state index contributed by atoms with van der Waals surface area (Å²) < 4.78 is 21.9. The second kappa shape index (κ2) is 12.5. The molecule has 1 amide bonds. The zero-order valence-corrected chi connectivity index (χ0v) is 18.0. The first-order chi connectivity index (χ1) is 13.6. The number of unbranched alkanes of at least 4 members (excludes halogenated alkanes) is 1. The molecule has 0 unspecified atom stereocenters. The second-order valence-corrected chi connectivity index (χ2v) is 7.73. The molecule has 0 aromatic carbocycles. The van der Waals surface area contributed by atoms with Gasteiger partial charge in [0.15, 0.2) is 12.2 Å². The molecule has 0 aromatic heterocycles. The summed E-state index contributed by atoms with van der Waals surface area (Å²) >= 11 is 1.42. The van der Waals surface area contributed by atoms with Gasteiger partial charge in [0.1, 0.15) is 24.2 Å². The van der Waals surface area contributed by atoms with E-state index >= 15 is 0 Å². The maximum Gasteiger partial charge on any atom is 0.303 e. The van der Waals surface area contributed by atoms with Crippen molar-refractivity contribution in [2.45, 2.75) is 70.3 Å². The van der Waals surface area contributed by atoms with Crippen LogP contribution in [0.1, 0.15) is 40.5 Å². The molecule has 5 atom stereocenters. The van der Waals surface area contributed by atoms with Gasteiger partial charge in [0.05, 0.1) is 0 Å². The lowest BCUT2D eigenvalue weighted by Gasteiger charge is -2.45. The van der Waals surface area contributed by atoms with Crippen LogP contribution in [0.25, 0.3) is 0 Å². The van der Waals surface area contributed by atoms with Gasteiger partial charge in [-0.25, -0.2) is 0 Å². The van der Waals surface area contributed by atoms with Crippen molar-refractivity contribution in [2.24, 2.45) is 0 Å². The molecule has 0 saturated carbocycles. The Morgan fingerprint density at radius 3 is 2.17 bits per heavy atom. The Hall–Kier alpha value is -2.07. The number of allylic oxidation sites excluding steroid dienone is 1. The molecule has 0 aromatic rings. The molecule has 164 valence electrons. The van der Waals surface area contributed by atoms with E-state index in [4.69, 9.17) is 18.9 Å². The molecule has 0 spiro atoms. The zero-order chi connectivity index (χ0) is 22.0. The Kier molecular flexibility index (Phi) is 10.7. The van der Waals surface area contributed by atoms with Gasteiger partial charge in [-0.1, -0.05) is 6.08 Å². The van der Waals surface area contributed by atoms with Crippen molar-refractivity contribution in [2.75, 3.05) is 12.4 Å². The lowest BCUT2D eigenvalue weighted by molar-refractivity contribution is -0.211. The van der Waals surface area contributed by atoms with Crippen LogP contribution in [0.3, 0.4) is 0 Å². The molecule has 1 fully saturated rings. The third kappa shape index (κ3) is 8.86. The fraction of sp³-hybridized carbons (Fsp3) is 0.684. The number of nitrogens with one attached hydrogen (secondary N) is 1. The van der Waals surface area contributed by atoms with E-state index in [1.807, 2.05) is 0 Å². The molecule has 1 rings (SSSR count). The molecule has 1 aliphatic heterocycles. The number of ether oxygens (including phenoxy) is 4. The number of thioether (sulfide) groups is 1. The highest BCUT2D eigenvalue weighted by Crippen LogP contribution is 2.33. The predicted molar refractivity (Wildman–Crippen MR) is 106 cm³/mol. The number of carbonyl (C=O) groups is 4. The van der Waals surface area contributed by atoms with Crippen molar-refractivity contribution in [3.8, 4) is 0 Å². The Morgan fingerprint density at radius 1 is 1.03 bits per heavy atom. The van der Waals surface area contributed by atoms with E-state index in [0.717, 1.165) is 12.8 Å². The van der Waals surface area contributed by atoms with Gasteiger partial charge in [-0.15, -0.1) is 18.3 Å². The number of rotatable bonds is 10. The van der Waals surface area contributed by atoms with E-state index in [2.05, 4.69) is 11.9 Å². The van der Waals surface area contributed by atoms with Crippen LogP contribution >= 0.6 is 11.8 Å². The van der Waals surface area contributed by atoms with Gasteiger partial charge in [0, 0.05) is 27.7 Å². The standard InChI is InChI=1S/C19H29NO8S/c1-6-7-8-9-29-19-16(20-11(2)21)18(27-14(5)24)17(26-13(4)23)15(28-19)10-25-12(3)22/h6,15-19H,1,7-10H2,2-5H3,(H,20,21)/t15-,16-,17+,18-,19-/m1/s1. The van der Waals surface area contributed by atoms with E-state index in [1.54, 1.807) is 6.08 Å². The second-order valence-electron chi connectivity index (χ2n) is 6.52. The molecule has 0 radical (unpaired) electrons. The summed E-state index contributed by atoms with van der Waals surface area (Å²) in [4.78, 5) is 46.4.